The Hall–Kier alpha value is -1.68. The van der Waals surface area contributed by atoms with Crippen LogP contribution in [-0.4, -0.2) is 30.6 Å². The summed E-state index contributed by atoms with van der Waals surface area (Å²) in [7, 11) is 0. The van der Waals surface area contributed by atoms with Crippen LogP contribution in [0, 0.1) is 12.8 Å². The van der Waals surface area contributed by atoms with Crippen LogP contribution in [0.2, 0.25) is 0 Å². The van der Waals surface area contributed by atoms with E-state index in [4.69, 9.17) is 0 Å². The number of piperidine rings is 1. The normalized spacial score (nSPS) is 25.3. The van der Waals surface area contributed by atoms with Crippen LogP contribution < -0.4 is 10.9 Å². The number of likely N-dealkylation sites (tertiary alicyclic amines) is 1. The van der Waals surface area contributed by atoms with E-state index in [9.17, 15) is 0 Å². The first-order chi connectivity index (χ1) is 12.3. The van der Waals surface area contributed by atoms with Gasteiger partial charge in [0.2, 0.25) is 0 Å². The quantitative estimate of drug-likeness (QED) is 0.896. The molecule has 2 heterocycles. The fraction of sp³-hybridized carbons (Fsp3) is 0.455. The third-order valence-electron chi connectivity index (χ3n) is 5.88. The van der Waals surface area contributed by atoms with Gasteiger partial charge in [-0.1, -0.05) is 60.2 Å². The van der Waals surface area contributed by atoms with Crippen molar-refractivity contribution in [2.45, 2.75) is 38.3 Å². The molecule has 2 aromatic carbocycles. The first-order valence-corrected chi connectivity index (χ1v) is 9.61. The lowest BCUT2D eigenvalue weighted by Crippen LogP contribution is -2.44. The molecule has 0 bridgehead atoms. The summed E-state index contributed by atoms with van der Waals surface area (Å²) in [6.07, 6.45) is 2.57. The molecule has 2 N–H and O–H groups in total. The zero-order valence-electron chi connectivity index (χ0n) is 15.1. The van der Waals surface area contributed by atoms with Crippen LogP contribution in [0.15, 0.2) is 54.6 Å². The van der Waals surface area contributed by atoms with E-state index in [0.717, 1.165) is 19.0 Å². The maximum atomic E-state index is 3.59. The molecule has 0 amide bonds. The van der Waals surface area contributed by atoms with Crippen LogP contribution in [0.4, 0.5) is 0 Å². The highest BCUT2D eigenvalue weighted by Crippen LogP contribution is 2.32. The van der Waals surface area contributed by atoms with E-state index in [1.54, 1.807) is 0 Å². The monoisotopic (exact) mass is 335 g/mol. The van der Waals surface area contributed by atoms with Crippen molar-refractivity contribution in [3.05, 3.63) is 71.3 Å². The van der Waals surface area contributed by atoms with Gasteiger partial charge < -0.3 is 0 Å². The lowest BCUT2D eigenvalue weighted by Gasteiger charge is -2.36. The first-order valence-electron chi connectivity index (χ1n) is 9.61. The van der Waals surface area contributed by atoms with Crippen molar-refractivity contribution in [2.75, 3.05) is 19.6 Å². The molecular weight excluding hydrogens is 306 g/mol. The van der Waals surface area contributed by atoms with Gasteiger partial charge in [0.1, 0.15) is 0 Å². The van der Waals surface area contributed by atoms with E-state index in [-0.39, 0.29) is 0 Å². The molecule has 0 spiro atoms. The molecule has 132 valence electrons. The molecule has 3 nitrogen and oxygen atoms in total. The van der Waals surface area contributed by atoms with Crippen molar-refractivity contribution in [3.63, 3.8) is 0 Å². The Bertz CT molecular complexity index is 677. The van der Waals surface area contributed by atoms with Crippen molar-refractivity contribution in [1.82, 2.24) is 15.8 Å². The SMILES string of the molecule is Cc1cccc(C2CNNC2C2CCN(Cc3ccccc3)CC2)c1. The van der Waals surface area contributed by atoms with Gasteiger partial charge >= 0.3 is 0 Å². The molecule has 25 heavy (non-hydrogen) atoms. The van der Waals surface area contributed by atoms with Gasteiger partial charge in [0.25, 0.3) is 0 Å². The van der Waals surface area contributed by atoms with Gasteiger partial charge in [-0.25, -0.2) is 0 Å². The van der Waals surface area contributed by atoms with Gasteiger partial charge in [-0.2, -0.15) is 0 Å². The fourth-order valence-corrected chi connectivity index (χ4v) is 4.50. The molecule has 4 rings (SSSR count). The molecule has 2 aliphatic heterocycles. The summed E-state index contributed by atoms with van der Waals surface area (Å²) in [5.41, 5.74) is 11.3. The summed E-state index contributed by atoms with van der Waals surface area (Å²) in [6.45, 7) is 6.73. The Labute approximate surface area is 151 Å². The maximum Gasteiger partial charge on any atom is 0.0323 e. The van der Waals surface area contributed by atoms with Gasteiger partial charge in [0, 0.05) is 25.0 Å². The molecule has 0 radical (unpaired) electrons. The molecule has 0 aromatic heterocycles. The molecule has 0 saturated carbocycles. The van der Waals surface area contributed by atoms with Crippen LogP contribution in [0.25, 0.3) is 0 Å². The molecule has 0 aliphatic carbocycles. The van der Waals surface area contributed by atoms with Crippen molar-refractivity contribution >= 4 is 0 Å². The number of hydrogen-bond acceptors (Lipinski definition) is 3. The second-order valence-corrected chi connectivity index (χ2v) is 7.67. The van der Waals surface area contributed by atoms with Gasteiger partial charge in [0.15, 0.2) is 0 Å². The van der Waals surface area contributed by atoms with Crippen LogP contribution in [0.1, 0.15) is 35.4 Å². The number of aryl methyl sites for hydroxylation is 1. The zero-order chi connectivity index (χ0) is 17.1. The highest BCUT2D eigenvalue weighted by Gasteiger charge is 2.36. The van der Waals surface area contributed by atoms with E-state index >= 15 is 0 Å². The van der Waals surface area contributed by atoms with Crippen molar-refractivity contribution in [2.24, 2.45) is 5.92 Å². The number of hydrogen-bond donors (Lipinski definition) is 2. The second kappa shape index (κ2) is 7.69. The third-order valence-corrected chi connectivity index (χ3v) is 5.88. The third kappa shape index (κ3) is 3.95. The number of hydrazine groups is 1. The molecular formula is C22H29N3. The minimum Gasteiger partial charge on any atom is -0.299 e. The van der Waals surface area contributed by atoms with Gasteiger partial charge in [0.05, 0.1) is 0 Å². The van der Waals surface area contributed by atoms with Crippen molar-refractivity contribution < 1.29 is 0 Å². The minimum atomic E-state index is 0.556. The minimum absolute atomic E-state index is 0.556. The van der Waals surface area contributed by atoms with Crippen LogP contribution in [-0.2, 0) is 6.54 Å². The Balaban J connectivity index is 1.37. The van der Waals surface area contributed by atoms with E-state index in [1.165, 1.54) is 42.6 Å². The Morgan fingerprint density at radius 1 is 1.00 bits per heavy atom. The molecule has 2 aliphatic rings. The highest BCUT2D eigenvalue weighted by atomic mass is 15.4. The summed E-state index contributed by atoms with van der Waals surface area (Å²) in [4.78, 5) is 2.61. The van der Waals surface area contributed by atoms with E-state index in [1.807, 2.05) is 0 Å². The summed E-state index contributed by atoms with van der Waals surface area (Å²) >= 11 is 0. The topological polar surface area (TPSA) is 27.3 Å². The molecule has 2 saturated heterocycles. The first kappa shape index (κ1) is 16.8. The van der Waals surface area contributed by atoms with Gasteiger partial charge in [-0.05, 0) is 49.9 Å². The highest BCUT2D eigenvalue weighted by molar-refractivity contribution is 5.28. The predicted molar refractivity (Wildman–Crippen MR) is 103 cm³/mol. The number of nitrogens with zero attached hydrogens (tertiary/aromatic N) is 1. The Kier molecular flexibility index (Phi) is 5.16. The number of nitrogens with one attached hydrogen (secondary N) is 2. The van der Waals surface area contributed by atoms with Crippen LogP contribution >= 0.6 is 0 Å². The van der Waals surface area contributed by atoms with Crippen molar-refractivity contribution in [1.29, 1.82) is 0 Å². The average Bonchev–Trinajstić information content (AvgIpc) is 3.13. The Morgan fingerprint density at radius 3 is 2.56 bits per heavy atom. The Morgan fingerprint density at radius 2 is 1.80 bits per heavy atom. The predicted octanol–water partition coefficient (Wildman–Crippen LogP) is 3.47. The van der Waals surface area contributed by atoms with Gasteiger partial charge in [-0.15, -0.1) is 0 Å². The molecule has 3 heteroatoms. The molecule has 2 aromatic rings. The van der Waals surface area contributed by atoms with Crippen molar-refractivity contribution in [3.8, 4) is 0 Å². The lowest BCUT2D eigenvalue weighted by atomic mass is 9.80. The standard InChI is InChI=1S/C22H29N3/c1-17-6-5-9-20(14-17)21-15-23-24-22(21)19-10-12-25(13-11-19)16-18-7-3-2-4-8-18/h2-9,14,19,21-24H,10-13,15-16H2,1H3. The summed E-state index contributed by atoms with van der Waals surface area (Å²) in [5.74, 6) is 1.35. The largest absolute Gasteiger partial charge is 0.299 e. The van der Waals surface area contributed by atoms with Gasteiger partial charge in [-0.3, -0.25) is 15.8 Å². The van der Waals surface area contributed by atoms with Crippen LogP contribution in [0.3, 0.4) is 0 Å². The number of benzene rings is 2. The summed E-state index contributed by atoms with van der Waals surface area (Å²) in [6, 6.07) is 20.5. The summed E-state index contributed by atoms with van der Waals surface area (Å²) < 4.78 is 0. The second-order valence-electron chi connectivity index (χ2n) is 7.67. The molecule has 2 unspecified atom stereocenters. The smallest absolute Gasteiger partial charge is 0.0323 e. The summed E-state index contributed by atoms with van der Waals surface area (Å²) in [5, 5.41) is 0. The van der Waals surface area contributed by atoms with E-state index < -0.39 is 0 Å². The number of rotatable bonds is 4. The maximum absolute atomic E-state index is 3.59. The average molecular weight is 335 g/mol. The molecule has 2 atom stereocenters. The van der Waals surface area contributed by atoms with E-state index in [2.05, 4.69) is 77.3 Å². The molecule has 2 fully saturated rings. The zero-order valence-corrected chi connectivity index (χ0v) is 15.1. The van der Waals surface area contributed by atoms with E-state index in [0.29, 0.717) is 12.0 Å². The fourth-order valence-electron chi connectivity index (χ4n) is 4.50. The van der Waals surface area contributed by atoms with Crippen LogP contribution in [0.5, 0.6) is 0 Å². The lowest BCUT2D eigenvalue weighted by molar-refractivity contribution is 0.152.